The molecule has 10 heteroatoms. The number of rotatable bonds is 5. The number of hydrazone groups is 1. The minimum atomic E-state index is -0.0729. The molecule has 10 nitrogen and oxygen atoms in total. The van der Waals surface area contributed by atoms with Gasteiger partial charge < -0.3 is 25.9 Å². The monoisotopic (exact) mass is 409 g/mol. The van der Waals surface area contributed by atoms with Crippen molar-refractivity contribution in [2.75, 3.05) is 48.8 Å². The summed E-state index contributed by atoms with van der Waals surface area (Å²) in [5.74, 6) is 2.48. The first-order chi connectivity index (χ1) is 14.5. The lowest BCUT2D eigenvalue weighted by molar-refractivity contribution is -0.116. The molecule has 158 valence electrons. The number of hydrogen-bond donors (Lipinski definition) is 3. The van der Waals surface area contributed by atoms with Gasteiger partial charge in [-0.25, -0.2) is 0 Å². The van der Waals surface area contributed by atoms with Crippen molar-refractivity contribution in [3.63, 3.8) is 0 Å². The average Bonchev–Trinajstić information content (AvgIpc) is 3.15. The first-order valence-corrected chi connectivity index (χ1v) is 10.2. The molecule has 1 atom stereocenters. The predicted molar refractivity (Wildman–Crippen MR) is 117 cm³/mol. The molecule has 2 aromatic rings. The van der Waals surface area contributed by atoms with Crippen molar-refractivity contribution in [3.05, 3.63) is 36.2 Å². The lowest BCUT2D eigenvalue weighted by atomic mass is 10.1. The van der Waals surface area contributed by atoms with Gasteiger partial charge in [0.1, 0.15) is 11.7 Å². The van der Waals surface area contributed by atoms with E-state index in [2.05, 4.69) is 53.0 Å². The predicted octanol–water partition coefficient (Wildman–Crippen LogP) is 1.05. The maximum Gasteiger partial charge on any atom is 0.233 e. The number of para-hydroxylation sites is 1. The Morgan fingerprint density at radius 2 is 1.90 bits per heavy atom. The Kier molecular flexibility index (Phi) is 6.03. The SMILES string of the molecule is Cc1nc(NC2=NNC(CC(=O)Nc3ccccc3)C2)nc(N2CCN(C)CC2)n1. The number of benzene rings is 1. The summed E-state index contributed by atoms with van der Waals surface area (Å²) in [6, 6.07) is 9.35. The van der Waals surface area contributed by atoms with Crippen molar-refractivity contribution in [2.45, 2.75) is 25.8 Å². The van der Waals surface area contributed by atoms with E-state index < -0.39 is 0 Å². The number of hydrogen-bond acceptors (Lipinski definition) is 9. The van der Waals surface area contributed by atoms with Gasteiger partial charge >= 0.3 is 0 Å². The van der Waals surface area contributed by atoms with Crippen LogP contribution in [0.3, 0.4) is 0 Å². The molecule has 30 heavy (non-hydrogen) atoms. The van der Waals surface area contributed by atoms with Gasteiger partial charge in [-0.2, -0.15) is 20.1 Å². The fourth-order valence-electron chi connectivity index (χ4n) is 3.45. The minimum Gasteiger partial charge on any atom is -0.338 e. The molecule has 1 aromatic carbocycles. The molecule has 0 saturated carbocycles. The van der Waals surface area contributed by atoms with Gasteiger partial charge in [0, 0.05) is 44.7 Å². The van der Waals surface area contributed by atoms with Crippen LogP contribution in [0.1, 0.15) is 18.7 Å². The van der Waals surface area contributed by atoms with Gasteiger partial charge in [0.15, 0.2) is 0 Å². The molecule has 0 aliphatic carbocycles. The molecule has 1 amide bonds. The number of amidine groups is 1. The topological polar surface area (TPSA) is 111 Å². The molecule has 2 aliphatic heterocycles. The van der Waals surface area contributed by atoms with Gasteiger partial charge in [0.2, 0.25) is 17.8 Å². The van der Waals surface area contributed by atoms with E-state index in [1.807, 2.05) is 37.3 Å². The van der Waals surface area contributed by atoms with Crippen LogP contribution < -0.4 is 21.0 Å². The lowest BCUT2D eigenvalue weighted by Gasteiger charge is -2.32. The first kappa shape index (κ1) is 20.0. The zero-order valence-electron chi connectivity index (χ0n) is 17.3. The molecule has 3 N–H and O–H groups in total. The Morgan fingerprint density at radius 1 is 1.13 bits per heavy atom. The van der Waals surface area contributed by atoms with Crippen molar-refractivity contribution in [1.82, 2.24) is 25.3 Å². The Bertz CT molecular complexity index is 910. The van der Waals surface area contributed by atoms with Gasteiger partial charge in [-0.3, -0.25) is 4.79 Å². The van der Waals surface area contributed by atoms with E-state index in [0.717, 1.165) is 31.9 Å². The number of aromatic nitrogens is 3. The van der Waals surface area contributed by atoms with Crippen LogP contribution in [0, 0.1) is 6.92 Å². The Labute approximate surface area is 175 Å². The fraction of sp³-hybridized carbons (Fsp3) is 0.450. The van der Waals surface area contributed by atoms with Crippen LogP contribution in [-0.2, 0) is 4.79 Å². The van der Waals surface area contributed by atoms with E-state index in [1.54, 1.807) is 0 Å². The summed E-state index contributed by atoms with van der Waals surface area (Å²) in [6.45, 7) is 5.60. The van der Waals surface area contributed by atoms with Crippen LogP contribution in [0.25, 0.3) is 0 Å². The largest absolute Gasteiger partial charge is 0.338 e. The van der Waals surface area contributed by atoms with E-state index >= 15 is 0 Å². The van der Waals surface area contributed by atoms with E-state index in [1.165, 1.54) is 0 Å². The highest BCUT2D eigenvalue weighted by atomic mass is 16.1. The average molecular weight is 409 g/mol. The van der Waals surface area contributed by atoms with Crippen molar-refractivity contribution >= 4 is 29.3 Å². The maximum atomic E-state index is 12.3. The zero-order valence-corrected chi connectivity index (χ0v) is 17.3. The molecule has 1 saturated heterocycles. The standard InChI is InChI=1S/C20H27N9O/c1-14-21-19(25-20(22-14)29-10-8-28(2)9-11-29)24-17-12-16(26-27-17)13-18(30)23-15-6-4-3-5-7-15/h3-7,16,26H,8-13H2,1-2H3,(H,23,30)(H,21,22,24,25,27). The molecule has 3 heterocycles. The van der Waals surface area contributed by atoms with Gasteiger partial charge in [0.05, 0.1) is 6.04 Å². The summed E-state index contributed by atoms with van der Waals surface area (Å²) in [6.07, 6.45) is 0.920. The number of piperazine rings is 1. The van der Waals surface area contributed by atoms with Crippen molar-refractivity contribution in [2.24, 2.45) is 5.10 Å². The van der Waals surface area contributed by atoms with Crippen LogP contribution in [0.2, 0.25) is 0 Å². The molecule has 0 bridgehead atoms. The molecule has 1 aromatic heterocycles. The van der Waals surface area contributed by atoms with Crippen molar-refractivity contribution < 1.29 is 4.79 Å². The smallest absolute Gasteiger partial charge is 0.233 e. The van der Waals surface area contributed by atoms with E-state index in [4.69, 9.17) is 0 Å². The highest BCUT2D eigenvalue weighted by molar-refractivity contribution is 5.97. The summed E-state index contributed by atoms with van der Waals surface area (Å²) in [5, 5.41) is 10.4. The molecule has 4 rings (SSSR count). The van der Waals surface area contributed by atoms with E-state index in [-0.39, 0.29) is 11.9 Å². The Balaban J connectivity index is 1.31. The fourth-order valence-corrected chi connectivity index (χ4v) is 3.45. The molecule has 2 aliphatic rings. The van der Waals surface area contributed by atoms with Crippen LogP contribution in [-0.4, -0.2) is 70.9 Å². The number of nitrogens with zero attached hydrogens (tertiary/aromatic N) is 6. The Morgan fingerprint density at radius 3 is 2.67 bits per heavy atom. The van der Waals surface area contributed by atoms with Gasteiger partial charge in [-0.15, -0.1) is 0 Å². The third-order valence-electron chi connectivity index (χ3n) is 5.09. The van der Waals surface area contributed by atoms with Crippen molar-refractivity contribution in [3.8, 4) is 0 Å². The number of nitrogens with one attached hydrogen (secondary N) is 3. The van der Waals surface area contributed by atoms with Crippen LogP contribution in [0.5, 0.6) is 0 Å². The lowest BCUT2D eigenvalue weighted by Crippen LogP contribution is -2.45. The normalized spacial score (nSPS) is 19.2. The number of aryl methyl sites for hydroxylation is 1. The highest BCUT2D eigenvalue weighted by Gasteiger charge is 2.23. The quantitative estimate of drug-likeness (QED) is 0.672. The summed E-state index contributed by atoms with van der Waals surface area (Å²) in [4.78, 5) is 30.2. The van der Waals surface area contributed by atoms with Crippen LogP contribution in [0.15, 0.2) is 35.4 Å². The third kappa shape index (κ3) is 5.20. The molecule has 1 fully saturated rings. The number of carbonyl (C=O) groups excluding carboxylic acids is 1. The Hall–Kier alpha value is -3.27. The van der Waals surface area contributed by atoms with Crippen molar-refractivity contribution in [1.29, 1.82) is 0 Å². The van der Waals surface area contributed by atoms with Crippen LogP contribution >= 0.6 is 0 Å². The second-order valence-electron chi connectivity index (χ2n) is 7.63. The highest BCUT2D eigenvalue weighted by Crippen LogP contribution is 2.15. The van der Waals surface area contributed by atoms with Crippen LogP contribution in [0.4, 0.5) is 17.6 Å². The number of anilines is 3. The summed E-state index contributed by atoms with van der Waals surface area (Å²) in [5.41, 5.74) is 3.81. The molecule has 0 radical (unpaired) electrons. The van der Waals surface area contributed by atoms with E-state index in [0.29, 0.717) is 36.4 Å². The number of amides is 1. The first-order valence-electron chi connectivity index (χ1n) is 10.2. The molecule has 1 unspecified atom stereocenters. The molecular weight excluding hydrogens is 382 g/mol. The maximum absolute atomic E-state index is 12.3. The summed E-state index contributed by atoms with van der Waals surface area (Å²) in [7, 11) is 2.12. The van der Waals surface area contributed by atoms with Gasteiger partial charge in [-0.1, -0.05) is 18.2 Å². The van der Waals surface area contributed by atoms with Gasteiger partial charge in [0.25, 0.3) is 0 Å². The second-order valence-corrected chi connectivity index (χ2v) is 7.63. The number of likely N-dealkylation sites (N-methyl/N-ethyl adjacent to an activating group) is 1. The molecule has 0 spiro atoms. The van der Waals surface area contributed by atoms with E-state index in [9.17, 15) is 4.79 Å². The minimum absolute atomic E-state index is 0.0523. The molecular formula is C20H27N9O. The summed E-state index contributed by atoms with van der Waals surface area (Å²) < 4.78 is 0. The summed E-state index contributed by atoms with van der Waals surface area (Å²) >= 11 is 0. The second kappa shape index (κ2) is 9.04. The van der Waals surface area contributed by atoms with Gasteiger partial charge in [-0.05, 0) is 26.1 Å². The zero-order chi connectivity index (χ0) is 20.9. The third-order valence-corrected chi connectivity index (χ3v) is 5.09. The number of carbonyl (C=O) groups is 1.